The second-order valence-electron chi connectivity index (χ2n) is 4.25. The third-order valence-electron chi connectivity index (χ3n) is 2.93. The molecule has 110 valence electrons. The van der Waals surface area contributed by atoms with Crippen molar-refractivity contribution in [1.82, 2.24) is 0 Å². The van der Waals surface area contributed by atoms with Crippen molar-refractivity contribution in [1.29, 1.82) is 0 Å². The van der Waals surface area contributed by atoms with Gasteiger partial charge in [0.15, 0.2) is 0 Å². The lowest BCUT2D eigenvalue weighted by atomic mass is 10.1. The van der Waals surface area contributed by atoms with Crippen LogP contribution in [-0.2, 0) is 30.3 Å². The maximum atomic E-state index is 11.7. The van der Waals surface area contributed by atoms with Gasteiger partial charge in [-0.3, -0.25) is 4.79 Å². The van der Waals surface area contributed by atoms with Crippen molar-refractivity contribution < 1.29 is 23.9 Å². The minimum atomic E-state index is -0.713. The molecule has 7 nitrogen and oxygen atoms in total. The molecule has 1 aliphatic heterocycles. The van der Waals surface area contributed by atoms with Crippen LogP contribution in [0, 0.1) is 0 Å². The SMILES string of the molecule is COC(=O)/C=C(/Nc1cccc2c1CC(=O)N2)C(=O)OC. The number of hydrogen-bond donors (Lipinski definition) is 2. The number of fused-ring (bicyclic) bond motifs is 1. The molecule has 2 rings (SSSR count). The summed E-state index contributed by atoms with van der Waals surface area (Å²) in [6.07, 6.45) is 1.20. The Morgan fingerprint density at radius 2 is 2.05 bits per heavy atom. The van der Waals surface area contributed by atoms with Gasteiger partial charge >= 0.3 is 11.9 Å². The van der Waals surface area contributed by atoms with Crippen LogP contribution in [0.2, 0.25) is 0 Å². The number of hydrogen-bond acceptors (Lipinski definition) is 6. The summed E-state index contributed by atoms with van der Waals surface area (Å²) in [5, 5.41) is 5.51. The standard InChI is InChI=1S/C14H14N2O5/c1-20-13(18)7-11(14(19)21-2)15-9-4-3-5-10-8(9)6-12(17)16-10/h3-5,7,15H,6H2,1-2H3,(H,16,17)/b11-7+. The van der Waals surface area contributed by atoms with E-state index in [1.54, 1.807) is 18.2 Å². The zero-order valence-electron chi connectivity index (χ0n) is 11.6. The van der Waals surface area contributed by atoms with E-state index in [0.29, 0.717) is 11.4 Å². The number of nitrogens with one attached hydrogen (secondary N) is 2. The van der Waals surface area contributed by atoms with E-state index in [4.69, 9.17) is 0 Å². The fraction of sp³-hybridized carbons (Fsp3) is 0.214. The normalized spacial score (nSPS) is 13.2. The van der Waals surface area contributed by atoms with Crippen LogP contribution in [0.25, 0.3) is 0 Å². The highest BCUT2D eigenvalue weighted by Gasteiger charge is 2.22. The molecule has 0 fully saturated rings. The second-order valence-corrected chi connectivity index (χ2v) is 4.25. The van der Waals surface area contributed by atoms with Crippen LogP contribution < -0.4 is 10.6 Å². The van der Waals surface area contributed by atoms with E-state index in [-0.39, 0.29) is 18.0 Å². The molecular weight excluding hydrogens is 276 g/mol. The fourth-order valence-corrected chi connectivity index (χ4v) is 1.94. The number of rotatable bonds is 4. The molecule has 1 aliphatic rings. The van der Waals surface area contributed by atoms with Gasteiger partial charge in [-0.25, -0.2) is 9.59 Å². The third-order valence-corrected chi connectivity index (χ3v) is 2.93. The Morgan fingerprint density at radius 3 is 2.71 bits per heavy atom. The first-order valence-corrected chi connectivity index (χ1v) is 6.12. The lowest BCUT2D eigenvalue weighted by molar-refractivity contribution is -0.138. The van der Waals surface area contributed by atoms with E-state index in [2.05, 4.69) is 20.1 Å². The molecule has 0 bridgehead atoms. The molecule has 0 aliphatic carbocycles. The van der Waals surface area contributed by atoms with Gasteiger partial charge in [-0.2, -0.15) is 0 Å². The van der Waals surface area contributed by atoms with Crippen LogP contribution in [0.15, 0.2) is 30.0 Å². The molecule has 1 aromatic rings. The maximum absolute atomic E-state index is 11.7. The van der Waals surface area contributed by atoms with Crippen molar-refractivity contribution in [2.45, 2.75) is 6.42 Å². The summed E-state index contributed by atoms with van der Waals surface area (Å²) in [6, 6.07) is 5.18. The largest absolute Gasteiger partial charge is 0.466 e. The van der Waals surface area contributed by atoms with Gasteiger partial charge in [-0.1, -0.05) is 6.07 Å². The van der Waals surface area contributed by atoms with E-state index in [1.807, 2.05) is 0 Å². The number of amides is 1. The van der Waals surface area contributed by atoms with Crippen molar-refractivity contribution in [2.24, 2.45) is 0 Å². The molecule has 0 unspecified atom stereocenters. The van der Waals surface area contributed by atoms with Gasteiger partial charge in [0.1, 0.15) is 5.70 Å². The van der Waals surface area contributed by atoms with Gasteiger partial charge < -0.3 is 20.1 Å². The van der Waals surface area contributed by atoms with Gasteiger partial charge in [0.2, 0.25) is 5.91 Å². The molecule has 0 aromatic heterocycles. The third kappa shape index (κ3) is 3.19. The number of carbonyl (C=O) groups is 3. The number of methoxy groups -OCH3 is 2. The summed E-state index contributed by atoms with van der Waals surface area (Å²) in [6.45, 7) is 0. The Morgan fingerprint density at radius 1 is 1.29 bits per heavy atom. The average Bonchev–Trinajstić information content (AvgIpc) is 2.86. The number of ether oxygens (including phenoxy) is 2. The number of esters is 2. The summed E-state index contributed by atoms with van der Waals surface area (Å²) >= 11 is 0. The highest BCUT2D eigenvalue weighted by atomic mass is 16.5. The summed E-state index contributed by atoms with van der Waals surface area (Å²) in [5.41, 5.74) is 1.87. The fourth-order valence-electron chi connectivity index (χ4n) is 1.94. The molecule has 1 heterocycles. The number of carbonyl (C=O) groups excluding carboxylic acids is 3. The van der Waals surface area contributed by atoms with E-state index in [9.17, 15) is 14.4 Å². The maximum Gasteiger partial charge on any atom is 0.354 e. The van der Waals surface area contributed by atoms with Gasteiger partial charge in [0.05, 0.1) is 26.7 Å². The van der Waals surface area contributed by atoms with Crippen LogP contribution in [0.1, 0.15) is 5.56 Å². The molecule has 21 heavy (non-hydrogen) atoms. The molecule has 0 saturated heterocycles. The number of anilines is 2. The Kier molecular flexibility index (Phi) is 4.22. The van der Waals surface area contributed by atoms with E-state index in [1.165, 1.54) is 14.2 Å². The molecule has 1 amide bonds. The lowest BCUT2D eigenvalue weighted by Crippen LogP contribution is -2.16. The monoisotopic (exact) mass is 290 g/mol. The Hall–Kier alpha value is -2.83. The van der Waals surface area contributed by atoms with Crippen LogP contribution >= 0.6 is 0 Å². The molecule has 0 radical (unpaired) electrons. The van der Waals surface area contributed by atoms with E-state index < -0.39 is 11.9 Å². The second kappa shape index (κ2) is 6.08. The zero-order chi connectivity index (χ0) is 15.4. The first-order valence-electron chi connectivity index (χ1n) is 6.12. The van der Waals surface area contributed by atoms with Gasteiger partial charge in [0.25, 0.3) is 0 Å². The highest BCUT2D eigenvalue weighted by Crippen LogP contribution is 2.30. The molecule has 1 aromatic carbocycles. The Bertz CT molecular complexity index is 636. The van der Waals surface area contributed by atoms with E-state index in [0.717, 1.165) is 11.6 Å². The molecule has 0 saturated carbocycles. The molecular formula is C14H14N2O5. The van der Waals surface area contributed by atoms with Crippen molar-refractivity contribution in [2.75, 3.05) is 24.9 Å². The summed E-state index contributed by atoms with van der Waals surface area (Å²) in [7, 11) is 2.41. The predicted octanol–water partition coefficient (Wildman–Crippen LogP) is 0.823. The quantitative estimate of drug-likeness (QED) is 0.630. The van der Waals surface area contributed by atoms with Crippen molar-refractivity contribution in [3.05, 3.63) is 35.5 Å². The average molecular weight is 290 g/mol. The lowest BCUT2D eigenvalue weighted by Gasteiger charge is -2.12. The first-order chi connectivity index (χ1) is 10.0. The minimum Gasteiger partial charge on any atom is -0.466 e. The molecule has 7 heteroatoms. The number of benzene rings is 1. The summed E-state index contributed by atoms with van der Waals surface area (Å²) < 4.78 is 9.10. The molecule has 0 spiro atoms. The zero-order valence-corrected chi connectivity index (χ0v) is 11.6. The van der Waals surface area contributed by atoms with Crippen LogP contribution in [0.3, 0.4) is 0 Å². The predicted molar refractivity (Wildman–Crippen MR) is 74.5 cm³/mol. The Balaban J connectivity index is 2.32. The first kappa shape index (κ1) is 14.6. The highest BCUT2D eigenvalue weighted by molar-refractivity contribution is 6.03. The summed E-state index contributed by atoms with van der Waals surface area (Å²) in [5.74, 6) is -1.53. The van der Waals surface area contributed by atoms with Crippen LogP contribution in [0.5, 0.6) is 0 Å². The van der Waals surface area contributed by atoms with Gasteiger partial charge in [0, 0.05) is 16.9 Å². The topological polar surface area (TPSA) is 93.7 Å². The molecule has 0 atom stereocenters. The van der Waals surface area contributed by atoms with Crippen molar-refractivity contribution in [3.63, 3.8) is 0 Å². The smallest absolute Gasteiger partial charge is 0.354 e. The van der Waals surface area contributed by atoms with Crippen molar-refractivity contribution >= 4 is 29.2 Å². The van der Waals surface area contributed by atoms with Crippen molar-refractivity contribution in [3.8, 4) is 0 Å². The van der Waals surface area contributed by atoms with Gasteiger partial charge in [-0.15, -0.1) is 0 Å². The minimum absolute atomic E-state index is 0.0721. The van der Waals surface area contributed by atoms with Gasteiger partial charge in [-0.05, 0) is 12.1 Å². The van der Waals surface area contributed by atoms with Crippen LogP contribution in [0.4, 0.5) is 11.4 Å². The molecule has 2 N–H and O–H groups in total. The Labute approximate surface area is 120 Å². The summed E-state index contributed by atoms with van der Waals surface area (Å²) in [4.78, 5) is 34.4. The van der Waals surface area contributed by atoms with Crippen LogP contribution in [-0.4, -0.2) is 32.1 Å². The van der Waals surface area contributed by atoms with E-state index >= 15 is 0 Å².